The molecule has 0 aromatic heterocycles. The minimum absolute atomic E-state index is 0.116. The first-order valence-corrected chi connectivity index (χ1v) is 5.79. The van der Waals surface area contributed by atoms with E-state index in [2.05, 4.69) is 15.4 Å². The summed E-state index contributed by atoms with van der Waals surface area (Å²) in [7, 11) is 1.39. The number of esters is 1. The minimum Gasteiger partial charge on any atom is -0.469 e. The van der Waals surface area contributed by atoms with Crippen LogP contribution in [0.3, 0.4) is 0 Å². The summed E-state index contributed by atoms with van der Waals surface area (Å²) in [6.07, 6.45) is 4.01. The Hall–Kier alpha value is -1.26. The van der Waals surface area contributed by atoms with Gasteiger partial charge in [-0.25, -0.2) is 4.79 Å². The molecule has 0 unspecified atom stereocenters. The standard InChI is InChI=1S/C11H22N2O3/c1-3-8-12-11(15)13-9-6-4-5-7-10(14)16-2/h3-9H2,1-2H3,(H2,12,13,15). The lowest BCUT2D eigenvalue weighted by atomic mass is 10.2. The highest BCUT2D eigenvalue weighted by Gasteiger charge is 2.00. The van der Waals surface area contributed by atoms with Crippen LogP contribution in [0.4, 0.5) is 4.79 Å². The van der Waals surface area contributed by atoms with Crippen molar-refractivity contribution < 1.29 is 14.3 Å². The minimum atomic E-state index is -0.173. The Morgan fingerprint density at radius 2 is 1.75 bits per heavy atom. The fraction of sp³-hybridized carbons (Fsp3) is 0.818. The average Bonchev–Trinajstić information content (AvgIpc) is 2.30. The lowest BCUT2D eigenvalue weighted by Crippen LogP contribution is -2.36. The molecular weight excluding hydrogens is 208 g/mol. The van der Waals surface area contributed by atoms with E-state index >= 15 is 0 Å². The number of urea groups is 1. The van der Waals surface area contributed by atoms with Crippen LogP contribution < -0.4 is 10.6 Å². The van der Waals surface area contributed by atoms with E-state index in [-0.39, 0.29) is 12.0 Å². The van der Waals surface area contributed by atoms with Crippen LogP contribution in [0.2, 0.25) is 0 Å². The van der Waals surface area contributed by atoms with Crippen LogP contribution in [0.5, 0.6) is 0 Å². The maximum absolute atomic E-state index is 11.1. The Kier molecular flexibility index (Phi) is 9.46. The highest BCUT2D eigenvalue weighted by Crippen LogP contribution is 1.99. The number of rotatable bonds is 8. The quantitative estimate of drug-likeness (QED) is 0.489. The van der Waals surface area contributed by atoms with Gasteiger partial charge < -0.3 is 15.4 Å². The maximum Gasteiger partial charge on any atom is 0.314 e. The largest absolute Gasteiger partial charge is 0.469 e. The van der Waals surface area contributed by atoms with Crippen molar-refractivity contribution in [3.63, 3.8) is 0 Å². The number of hydrogen-bond donors (Lipinski definition) is 2. The molecule has 0 bridgehead atoms. The molecule has 0 radical (unpaired) electrons. The van der Waals surface area contributed by atoms with Gasteiger partial charge in [-0.1, -0.05) is 13.3 Å². The molecule has 0 aliphatic heterocycles. The average molecular weight is 230 g/mol. The van der Waals surface area contributed by atoms with Crippen molar-refractivity contribution >= 4 is 12.0 Å². The zero-order chi connectivity index (χ0) is 12.2. The van der Waals surface area contributed by atoms with E-state index in [9.17, 15) is 9.59 Å². The van der Waals surface area contributed by atoms with Crippen molar-refractivity contribution in [2.45, 2.75) is 39.0 Å². The topological polar surface area (TPSA) is 67.4 Å². The van der Waals surface area contributed by atoms with Gasteiger partial charge in [0.2, 0.25) is 0 Å². The van der Waals surface area contributed by atoms with Crippen LogP contribution in [-0.4, -0.2) is 32.2 Å². The van der Waals surface area contributed by atoms with Gasteiger partial charge in [0.25, 0.3) is 0 Å². The monoisotopic (exact) mass is 230 g/mol. The number of hydrogen-bond acceptors (Lipinski definition) is 3. The first-order valence-electron chi connectivity index (χ1n) is 5.79. The van der Waals surface area contributed by atoms with Gasteiger partial charge in [0.1, 0.15) is 0 Å². The van der Waals surface area contributed by atoms with Crippen molar-refractivity contribution in [3.05, 3.63) is 0 Å². The smallest absolute Gasteiger partial charge is 0.314 e. The van der Waals surface area contributed by atoms with E-state index in [1.165, 1.54) is 7.11 Å². The number of nitrogens with one attached hydrogen (secondary N) is 2. The molecule has 0 atom stereocenters. The van der Waals surface area contributed by atoms with E-state index < -0.39 is 0 Å². The molecule has 0 aliphatic rings. The van der Waals surface area contributed by atoms with E-state index in [0.717, 1.165) is 25.7 Å². The van der Waals surface area contributed by atoms with Crippen molar-refractivity contribution in [3.8, 4) is 0 Å². The zero-order valence-corrected chi connectivity index (χ0v) is 10.2. The van der Waals surface area contributed by atoms with E-state index in [1.54, 1.807) is 0 Å². The van der Waals surface area contributed by atoms with E-state index in [0.29, 0.717) is 19.5 Å². The van der Waals surface area contributed by atoms with Gasteiger partial charge in [0.15, 0.2) is 0 Å². The number of ether oxygens (including phenoxy) is 1. The van der Waals surface area contributed by atoms with Crippen LogP contribution in [0.15, 0.2) is 0 Å². The van der Waals surface area contributed by atoms with Gasteiger partial charge in [-0.3, -0.25) is 4.79 Å². The third kappa shape index (κ3) is 9.30. The Labute approximate surface area is 96.9 Å². The van der Waals surface area contributed by atoms with Crippen molar-refractivity contribution in [1.82, 2.24) is 10.6 Å². The molecule has 2 N–H and O–H groups in total. The number of methoxy groups -OCH3 is 1. The molecule has 2 amide bonds. The molecule has 0 aliphatic carbocycles. The molecule has 94 valence electrons. The maximum atomic E-state index is 11.1. The molecule has 0 saturated carbocycles. The summed E-state index contributed by atoms with van der Waals surface area (Å²) in [6.45, 7) is 3.36. The van der Waals surface area contributed by atoms with E-state index in [1.807, 2.05) is 6.92 Å². The second kappa shape index (κ2) is 10.3. The SMILES string of the molecule is CCCNC(=O)NCCCCCC(=O)OC. The van der Waals surface area contributed by atoms with Crippen LogP contribution >= 0.6 is 0 Å². The zero-order valence-electron chi connectivity index (χ0n) is 10.2. The normalized spacial score (nSPS) is 9.62. The van der Waals surface area contributed by atoms with Gasteiger partial charge in [-0.05, 0) is 19.3 Å². The van der Waals surface area contributed by atoms with Crippen LogP contribution in [-0.2, 0) is 9.53 Å². The summed E-state index contributed by atoms with van der Waals surface area (Å²) in [5.41, 5.74) is 0. The lowest BCUT2D eigenvalue weighted by molar-refractivity contribution is -0.140. The van der Waals surface area contributed by atoms with Crippen molar-refractivity contribution in [2.24, 2.45) is 0 Å². The molecule has 5 nitrogen and oxygen atoms in total. The summed E-state index contributed by atoms with van der Waals surface area (Å²) in [4.78, 5) is 21.9. The second-order valence-electron chi connectivity index (χ2n) is 3.57. The Bertz CT molecular complexity index is 207. The predicted octanol–water partition coefficient (Wildman–Crippen LogP) is 1.43. The third-order valence-electron chi connectivity index (χ3n) is 2.11. The molecule has 0 heterocycles. The fourth-order valence-corrected chi connectivity index (χ4v) is 1.18. The van der Waals surface area contributed by atoms with Gasteiger partial charge in [0, 0.05) is 19.5 Å². The molecule has 16 heavy (non-hydrogen) atoms. The first kappa shape index (κ1) is 14.7. The van der Waals surface area contributed by atoms with Crippen molar-refractivity contribution in [1.29, 1.82) is 0 Å². The summed E-state index contributed by atoms with van der Waals surface area (Å²) in [5, 5.41) is 5.48. The number of unbranched alkanes of at least 4 members (excludes halogenated alkanes) is 2. The Balaban J connectivity index is 3.20. The summed E-state index contributed by atoms with van der Waals surface area (Å²) in [6, 6.07) is -0.116. The molecule has 0 fully saturated rings. The summed E-state index contributed by atoms with van der Waals surface area (Å²) >= 11 is 0. The molecular formula is C11H22N2O3. The van der Waals surface area contributed by atoms with Crippen LogP contribution in [0.25, 0.3) is 0 Å². The summed E-state index contributed by atoms with van der Waals surface area (Å²) in [5.74, 6) is -0.173. The van der Waals surface area contributed by atoms with E-state index in [4.69, 9.17) is 0 Å². The fourth-order valence-electron chi connectivity index (χ4n) is 1.18. The molecule has 5 heteroatoms. The first-order chi connectivity index (χ1) is 7.70. The van der Waals surface area contributed by atoms with Crippen molar-refractivity contribution in [2.75, 3.05) is 20.2 Å². The molecule has 0 aromatic rings. The van der Waals surface area contributed by atoms with Gasteiger partial charge >= 0.3 is 12.0 Å². The van der Waals surface area contributed by atoms with Gasteiger partial charge in [-0.15, -0.1) is 0 Å². The summed E-state index contributed by atoms with van der Waals surface area (Å²) < 4.78 is 4.52. The third-order valence-corrected chi connectivity index (χ3v) is 2.11. The number of amides is 2. The van der Waals surface area contributed by atoms with Crippen LogP contribution in [0, 0.1) is 0 Å². The Morgan fingerprint density at radius 1 is 1.06 bits per heavy atom. The Morgan fingerprint density at radius 3 is 2.38 bits per heavy atom. The second-order valence-corrected chi connectivity index (χ2v) is 3.57. The number of carbonyl (C=O) groups excluding carboxylic acids is 2. The molecule has 0 spiro atoms. The lowest BCUT2D eigenvalue weighted by Gasteiger charge is -2.06. The van der Waals surface area contributed by atoms with Gasteiger partial charge in [-0.2, -0.15) is 0 Å². The molecule has 0 rings (SSSR count). The highest BCUT2D eigenvalue weighted by atomic mass is 16.5. The van der Waals surface area contributed by atoms with Crippen LogP contribution in [0.1, 0.15) is 39.0 Å². The number of carbonyl (C=O) groups is 2. The molecule has 0 saturated heterocycles. The van der Waals surface area contributed by atoms with Gasteiger partial charge in [0.05, 0.1) is 7.11 Å². The molecule has 0 aromatic carbocycles. The predicted molar refractivity (Wildman–Crippen MR) is 62.2 cm³/mol. The highest BCUT2D eigenvalue weighted by molar-refractivity contribution is 5.73.